The van der Waals surface area contributed by atoms with Crippen molar-refractivity contribution in [1.29, 1.82) is 0 Å². The highest BCUT2D eigenvalue weighted by molar-refractivity contribution is 5.77. The van der Waals surface area contributed by atoms with Crippen LogP contribution in [0.5, 0.6) is 0 Å². The molecule has 0 unspecified atom stereocenters. The van der Waals surface area contributed by atoms with Crippen molar-refractivity contribution in [3.05, 3.63) is 54.6 Å². The van der Waals surface area contributed by atoms with Gasteiger partial charge in [-0.15, -0.1) is 0 Å². The molecule has 0 spiro atoms. The summed E-state index contributed by atoms with van der Waals surface area (Å²) >= 11 is 0. The van der Waals surface area contributed by atoms with Crippen LogP contribution in [0.1, 0.15) is 0 Å². The van der Waals surface area contributed by atoms with Gasteiger partial charge in [-0.25, -0.2) is 15.0 Å². The van der Waals surface area contributed by atoms with Gasteiger partial charge in [-0.1, -0.05) is 0 Å². The zero-order valence-electron chi connectivity index (χ0n) is 21.5. The van der Waals surface area contributed by atoms with E-state index in [1.807, 2.05) is 96.9 Å². The van der Waals surface area contributed by atoms with E-state index in [0.29, 0.717) is 17.5 Å². The lowest BCUT2D eigenvalue weighted by molar-refractivity contribution is 1.07. The molecule has 9 heteroatoms. The average molecular weight is 484 g/mol. The molecule has 9 nitrogen and oxygen atoms in total. The van der Waals surface area contributed by atoms with Gasteiger partial charge in [0.1, 0.15) is 0 Å². The first-order valence-corrected chi connectivity index (χ1v) is 11.8. The zero-order valence-corrected chi connectivity index (χ0v) is 21.5. The van der Waals surface area contributed by atoms with Crippen molar-refractivity contribution in [3.8, 4) is 34.2 Å². The van der Waals surface area contributed by atoms with Crippen molar-refractivity contribution < 1.29 is 0 Å². The highest BCUT2D eigenvalue weighted by atomic mass is 15.0. The molecule has 4 aromatic rings. The second kappa shape index (κ2) is 10.8. The number of nitrogens with one attached hydrogen (secondary N) is 6. The van der Waals surface area contributed by atoms with Gasteiger partial charge < -0.3 is 31.9 Å². The molecule has 1 aromatic heterocycles. The molecule has 0 atom stereocenters. The first-order chi connectivity index (χ1) is 17.5. The number of hydrogen-bond acceptors (Lipinski definition) is 9. The minimum absolute atomic E-state index is 0.588. The van der Waals surface area contributed by atoms with E-state index in [1.54, 1.807) is 0 Å². The lowest BCUT2D eigenvalue weighted by Gasteiger charge is -2.14. The Morgan fingerprint density at radius 1 is 0.333 bits per heavy atom. The van der Waals surface area contributed by atoms with Crippen molar-refractivity contribution in [2.24, 2.45) is 0 Å². The highest BCUT2D eigenvalue weighted by Gasteiger charge is 2.15. The fourth-order valence-corrected chi connectivity index (χ4v) is 3.90. The van der Waals surface area contributed by atoms with E-state index < -0.39 is 0 Å². The summed E-state index contributed by atoms with van der Waals surface area (Å²) in [5.74, 6) is 1.76. The molecule has 36 heavy (non-hydrogen) atoms. The lowest BCUT2D eigenvalue weighted by atomic mass is 10.1. The Kier molecular flexibility index (Phi) is 7.39. The SMILES string of the molecule is CNc1cc(NC)cc(-c2nc(-c3cc(NC)cc(NC)c3)nc(-c3cc(NC)cc(NC)c3)n2)c1. The first-order valence-electron chi connectivity index (χ1n) is 11.8. The maximum Gasteiger partial charge on any atom is 0.164 e. The number of nitrogens with zero attached hydrogens (tertiary/aromatic N) is 3. The van der Waals surface area contributed by atoms with Crippen molar-refractivity contribution in [2.75, 3.05) is 74.2 Å². The zero-order chi connectivity index (χ0) is 25.7. The van der Waals surface area contributed by atoms with E-state index >= 15 is 0 Å². The van der Waals surface area contributed by atoms with Crippen LogP contribution in [0.15, 0.2) is 54.6 Å². The van der Waals surface area contributed by atoms with Crippen molar-refractivity contribution >= 4 is 34.1 Å². The molecule has 0 amide bonds. The fourth-order valence-electron chi connectivity index (χ4n) is 3.90. The lowest BCUT2D eigenvalue weighted by Crippen LogP contribution is -2.03. The maximum atomic E-state index is 4.92. The van der Waals surface area contributed by atoms with Crippen LogP contribution in [-0.2, 0) is 0 Å². The predicted molar refractivity (Wildman–Crippen MR) is 153 cm³/mol. The largest absolute Gasteiger partial charge is 0.388 e. The third-order valence-electron chi connectivity index (χ3n) is 5.94. The summed E-state index contributed by atoms with van der Waals surface area (Å²) < 4.78 is 0. The van der Waals surface area contributed by atoms with E-state index in [2.05, 4.69) is 31.9 Å². The Hall–Kier alpha value is -4.53. The Morgan fingerprint density at radius 2 is 0.528 bits per heavy atom. The molecular formula is C27H33N9. The first kappa shape index (κ1) is 24.6. The van der Waals surface area contributed by atoms with Crippen molar-refractivity contribution in [2.45, 2.75) is 0 Å². The normalized spacial score (nSPS) is 10.5. The van der Waals surface area contributed by atoms with E-state index in [9.17, 15) is 0 Å². The van der Waals surface area contributed by atoms with Gasteiger partial charge in [0, 0.05) is 93.1 Å². The predicted octanol–water partition coefficient (Wildman–Crippen LogP) is 5.12. The van der Waals surface area contributed by atoms with Crippen LogP contribution in [0.3, 0.4) is 0 Å². The molecule has 0 aliphatic heterocycles. The molecule has 6 N–H and O–H groups in total. The maximum absolute atomic E-state index is 4.92. The topological polar surface area (TPSA) is 111 Å². The third kappa shape index (κ3) is 5.25. The molecule has 0 aliphatic carbocycles. The quantitative estimate of drug-likeness (QED) is 0.193. The second-order valence-corrected chi connectivity index (χ2v) is 8.20. The van der Waals surface area contributed by atoms with Crippen LogP contribution in [0, 0.1) is 0 Å². The molecule has 1 heterocycles. The van der Waals surface area contributed by atoms with Crippen LogP contribution < -0.4 is 31.9 Å². The van der Waals surface area contributed by atoms with Crippen LogP contribution in [-0.4, -0.2) is 57.2 Å². The summed E-state index contributed by atoms with van der Waals surface area (Å²) in [6, 6.07) is 18.3. The summed E-state index contributed by atoms with van der Waals surface area (Å²) in [6.07, 6.45) is 0. The Balaban J connectivity index is 1.98. The minimum atomic E-state index is 0.588. The molecule has 3 aromatic carbocycles. The Labute approximate surface area is 212 Å². The van der Waals surface area contributed by atoms with Crippen molar-refractivity contribution in [3.63, 3.8) is 0 Å². The summed E-state index contributed by atoms with van der Waals surface area (Å²) in [4.78, 5) is 14.8. The number of hydrogen-bond donors (Lipinski definition) is 6. The number of aromatic nitrogens is 3. The van der Waals surface area contributed by atoms with Gasteiger partial charge in [-0.05, 0) is 54.6 Å². The van der Waals surface area contributed by atoms with Crippen LogP contribution in [0.25, 0.3) is 34.2 Å². The van der Waals surface area contributed by atoms with Crippen LogP contribution in [0.2, 0.25) is 0 Å². The van der Waals surface area contributed by atoms with Gasteiger partial charge in [-0.3, -0.25) is 0 Å². The van der Waals surface area contributed by atoms with E-state index in [1.165, 1.54) is 0 Å². The molecule has 0 bridgehead atoms. The summed E-state index contributed by atoms with van der Waals surface area (Å²) in [5.41, 5.74) is 8.42. The number of benzene rings is 3. The Morgan fingerprint density at radius 3 is 0.694 bits per heavy atom. The molecule has 0 fully saturated rings. The van der Waals surface area contributed by atoms with Gasteiger partial charge >= 0.3 is 0 Å². The third-order valence-corrected chi connectivity index (χ3v) is 5.94. The monoisotopic (exact) mass is 483 g/mol. The number of rotatable bonds is 9. The summed E-state index contributed by atoms with van der Waals surface area (Å²) in [6.45, 7) is 0. The average Bonchev–Trinajstić information content (AvgIpc) is 2.95. The second-order valence-electron chi connectivity index (χ2n) is 8.20. The molecule has 0 aliphatic rings. The molecule has 186 valence electrons. The Bertz CT molecular complexity index is 1120. The molecule has 4 rings (SSSR count). The van der Waals surface area contributed by atoms with Gasteiger partial charge in [0.25, 0.3) is 0 Å². The van der Waals surface area contributed by atoms with Gasteiger partial charge in [0.2, 0.25) is 0 Å². The molecule has 0 saturated carbocycles. The minimum Gasteiger partial charge on any atom is -0.388 e. The molecule has 0 saturated heterocycles. The highest BCUT2D eigenvalue weighted by Crippen LogP contribution is 2.32. The van der Waals surface area contributed by atoms with Gasteiger partial charge in [0.05, 0.1) is 0 Å². The standard InChI is InChI=1S/C27H33N9/c1-28-19-7-16(8-20(13-19)29-2)25-34-26(17-9-21(30-3)14-22(10-17)31-4)36-27(35-25)18-11-23(32-5)15-24(12-18)33-6/h7-15,28-33H,1-6H3. The number of anilines is 6. The molecule has 0 radical (unpaired) electrons. The van der Waals surface area contributed by atoms with Gasteiger partial charge in [-0.2, -0.15) is 0 Å². The van der Waals surface area contributed by atoms with E-state index in [-0.39, 0.29) is 0 Å². The smallest absolute Gasteiger partial charge is 0.164 e. The van der Waals surface area contributed by atoms with Crippen molar-refractivity contribution in [1.82, 2.24) is 15.0 Å². The van der Waals surface area contributed by atoms with E-state index in [0.717, 1.165) is 50.8 Å². The van der Waals surface area contributed by atoms with Crippen LogP contribution in [0.4, 0.5) is 34.1 Å². The summed E-state index contributed by atoms with van der Waals surface area (Å²) in [5, 5.41) is 19.3. The van der Waals surface area contributed by atoms with Gasteiger partial charge in [0.15, 0.2) is 17.5 Å². The fraction of sp³-hybridized carbons (Fsp3) is 0.222. The van der Waals surface area contributed by atoms with E-state index in [4.69, 9.17) is 15.0 Å². The molecular weight excluding hydrogens is 450 g/mol. The van der Waals surface area contributed by atoms with Crippen LogP contribution >= 0.6 is 0 Å². The summed E-state index contributed by atoms with van der Waals surface area (Å²) in [7, 11) is 11.4.